The largest absolute Gasteiger partial charge is 0.244 e. The maximum absolute atomic E-state index is 5.55. The van der Waals surface area contributed by atoms with E-state index in [1.54, 1.807) is 22.8 Å². The van der Waals surface area contributed by atoms with E-state index < -0.39 is 0 Å². The molecule has 1 aromatic rings. The van der Waals surface area contributed by atoms with Gasteiger partial charge in [-0.15, -0.1) is 11.6 Å². The summed E-state index contributed by atoms with van der Waals surface area (Å²) in [5, 5.41) is 4.95. The topological polar surface area (TPSA) is 30.7 Å². The molecule has 0 fully saturated rings. The zero-order chi connectivity index (χ0) is 8.81. The molecule has 0 spiro atoms. The Kier molecular flexibility index (Phi) is 4.46. The van der Waals surface area contributed by atoms with E-state index in [1.165, 1.54) is 0 Å². The Labute approximate surface area is 81.5 Å². The van der Waals surface area contributed by atoms with E-state index in [0.717, 1.165) is 29.6 Å². The first kappa shape index (κ1) is 9.86. The number of halogens is 1. The smallest absolute Gasteiger partial charge is 0.185 e. The van der Waals surface area contributed by atoms with E-state index in [1.807, 2.05) is 7.05 Å². The second-order valence-corrected chi connectivity index (χ2v) is 3.85. The molecule has 1 rings (SSSR count). The first-order valence-corrected chi connectivity index (χ1v) is 5.39. The monoisotopic (exact) mass is 205 g/mol. The summed E-state index contributed by atoms with van der Waals surface area (Å²) in [5.74, 6) is 1.82. The van der Waals surface area contributed by atoms with Crippen molar-refractivity contribution in [1.29, 1.82) is 0 Å². The third kappa shape index (κ3) is 3.03. The Morgan fingerprint density at radius 3 is 3.00 bits per heavy atom. The summed E-state index contributed by atoms with van der Waals surface area (Å²) >= 11 is 7.28. The van der Waals surface area contributed by atoms with Crippen LogP contribution in [0.1, 0.15) is 12.8 Å². The summed E-state index contributed by atoms with van der Waals surface area (Å²) in [6.07, 6.45) is 3.79. The number of alkyl halides is 1. The van der Waals surface area contributed by atoms with Crippen LogP contribution in [0.15, 0.2) is 11.5 Å². The molecule has 0 amide bonds. The Bertz CT molecular complexity index is 226. The highest BCUT2D eigenvalue weighted by Crippen LogP contribution is 2.14. The fourth-order valence-electron chi connectivity index (χ4n) is 0.776. The quantitative estimate of drug-likeness (QED) is 0.418. The zero-order valence-corrected chi connectivity index (χ0v) is 8.61. The minimum Gasteiger partial charge on any atom is -0.244 e. The van der Waals surface area contributed by atoms with Gasteiger partial charge in [0.25, 0.3) is 0 Å². The van der Waals surface area contributed by atoms with Crippen LogP contribution in [0.5, 0.6) is 0 Å². The van der Waals surface area contributed by atoms with E-state index >= 15 is 0 Å². The lowest BCUT2D eigenvalue weighted by Gasteiger charge is -1.98. The first-order chi connectivity index (χ1) is 5.84. The van der Waals surface area contributed by atoms with E-state index in [-0.39, 0.29) is 0 Å². The molecular weight excluding hydrogens is 194 g/mol. The average Bonchev–Trinajstić information content (AvgIpc) is 2.46. The molecule has 0 saturated carbocycles. The predicted molar refractivity (Wildman–Crippen MR) is 51.7 cm³/mol. The molecule has 0 aliphatic heterocycles. The van der Waals surface area contributed by atoms with Crippen LogP contribution in [0.2, 0.25) is 0 Å². The van der Waals surface area contributed by atoms with Crippen molar-refractivity contribution in [3.8, 4) is 0 Å². The van der Waals surface area contributed by atoms with Gasteiger partial charge < -0.3 is 0 Å². The highest BCUT2D eigenvalue weighted by molar-refractivity contribution is 7.99. The molecule has 5 heteroatoms. The van der Waals surface area contributed by atoms with Crippen LogP contribution >= 0.6 is 23.4 Å². The number of aromatic nitrogens is 3. The number of nitrogens with zero attached hydrogens (tertiary/aromatic N) is 3. The molecule has 1 aromatic heterocycles. The number of aryl methyl sites for hydroxylation is 1. The number of hydrogen-bond acceptors (Lipinski definition) is 3. The van der Waals surface area contributed by atoms with E-state index in [2.05, 4.69) is 10.1 Å². The van der Waals surface area contributed by atoms with Crippen molar-refractivity contribution in [3.05, 3.63) is 6.33 Å². The van der Waals surface area contributed by atoms with E-state index in [4.69, 9.17) is 11.6 Å². The van der Waals surface area contributed by atoms with Crippen LogP contribution in [-0.2, 0) is 7.05 Å². The third-order valence-electron chi connectivity index (χ3n) is 1.43. The van der Waals surface area contributed by atoms with Crippen molar-refractivity contribution < 1.29 is 0 Å². The van der Waals surface area contributed by atoms with Gasteiger partial charge in [0, 0.05) is 18.7 Å². The fourth-order valence-corrected chi connectivity index (χ4v) is 1.85. The molecule has 0 bridgehead atoms. The van der Waals surface area contributed by atoms with Crippen LogP contribution < -0.4 is 0 Å². The zero-order valence-electron chi connectivity index (χ0n) is 7.03. The molecule has 3 nitrogen and oxygen atoms in total. The van der Waals surface area contributed by atoms with Crippen molar-refractivity contribution >= 4 is 23.4 Å². The summed E-state index contributed by atoms with van der Waals surface area (Å²) < 4.78 is 1.78. The second kappa shape index (κ2) is 5.43. The van der Waals surface area contributed by atoms with Gasteiger partial charge in [0.05, 0.1) is 0 Å². The van der Waals surface area contributed by atoms with Gasteiger partial charge in [-0.1, -0.05) is 11.8 Å². The Hall–Kier alpha value is -0.220. The predicted octanol–water partition coefficient (Wildman–Crippen LogP) is 1.93. The van der Waals surface area contributed by atoms with E-state index in [9.17, 15) is 0 Å². The molecule has 1 heterocycles. The van der Waals surface area contributed by atoms with Crippen molar-refractivity contribution in [2.24, 2.45) is 7.05 Å². The number of unbranched alkanes of at least 4 members (excludes halogenated alkanes) is 1. The Morgan fingerprint density at radius 2 is 2.42 bits per heavy atom. The standard InChI is InChI=1S/C7H12ClN3S/c1-11-7(9-6-10-11)12-5-3-2-4-8/h6H,2-5H2,1H3. The molecule has 0 radical (unpaired) electrons. The van der Waals surface area contributed by atoms with E-state index in [0.29, 0.717) is 0 Å². The van der Waals surface area contributed by atoms with Gasteiger partial charge in [0.2, 0.25) is 0 Å². The van der Waals surface area contributed by atoms with Crippen molar-refractivity contribution in [2.45, 2.75) is 18.0 Å². The highest BCUT2D eigenvalue weighted by atomic mass is 35.5. The second-order valence-electron chi connectivity index (χ2n) is 2.41. The van der Waals surface area contributed by atoms with Crippen LogP contribution in [-0.4, -0.2) is 26.4 Å². The third-order valence-corrected chi connectivity index (χ3v) is 2.82. The molecule has 0 aliphatic carbocycles. The van der Waals surface area contributed by atoms with Crippen LogP contribution in [0.3, 0.4) is 0 Å². The van der Waals surface area contributed by atoms with Gasteiger partial charge in [0.1, 0.15) is 6.33 Å². The highest BCUT2D eigenvalue weighted by Gasteiger charge is 1.99. The summed E-state index contributed by atoms with van der Waals surface area (Å²) in [5.41, 5.74) is 0. The molecule has 0 unspecified atom stereocenters. The van der Waals surface area contributed by atoms with Gasteiger partial charge in [-0.25, -0.2) is 9.67 Å². The van der Waals surface area contributed by atoms with Gasteiger partial charge in [-0.05, 0) is 12.8 Å². The summed E-state index contributed by atoms with van der Waals surface area (Å²) in [4.78, 5) is 4.10. The van der Waals surface area contributed by atoms with Gasteiger partial charge in [-0.2, -0.15) is 5.10 Å². The minimum atomic E-state index is 0.749. The molecule has 68 valence electrons. The maximum Gasteiger partial charge on any atom is 0.185 e. The van der Waals surface area contributed by atoms with Gasteiger partial charge in [-0.3, -0.25) is 0 Å². The molecule has 0 aromatic carbocycles. The summed E-state index contributed by atoms with van der Waals surface area (Å²) in [6.45, 7) is 0. The Balaban J connectivity index is 2.20. The van der Waals surface area contributed by atoms with Gasteiger partial charge >= 0.3 is 0 Å². The van der Waals surface area contributed by atoms with Crippen LogP contribution in [0, 0.1) is 0 Å². The van der Waals surface area contributed by atoms with Crippen LogP contribution in [0.25, 0.3) is 0 Å². The average molecular weight is 206 g/mol. The minimum absolute atomic E-state index is 0.749. The number of rotatable bonds is 5. The lowest BCUT2D eigenvalue weighted by molar-refractivity contribution is 0.684. The molecule has 12 heavy (non-hydrogen) atoms. The lowest BCUT2D eigenvalue weighted by Crippen LogP contribution is -1.93. The van der Waals surface area contributed by atoms with Crippen molar-refractivity contribution in [1.82, 2.24) is 14.8 Å². The number of hydrogen-bond donors (Lipinski definition) is 0. The van der Waals surface area contributed by atoms with Gasteiger partial charge in [0.15, 0.2) is 5.16 Å². The number of thioether (sulfide) groups is 1. The van der Waals surface area contributed by atoms with Crippen molar-refractivity contribution in [2.75, 3.05) is 11.6 Å². The summed E-state index contributed by atoms with van der Waals surface area (Å²) in [6, 6.07) is 0. The first-order valence-electron chi connectivity index (χ1n) is 3.87. The molecule has 0 N–H and O–H groups in total. The molecule has 0 saturated heterocycles. The SMILES string of the molecule is Cn1ncnc1SCCCCCl. The normalized spacial score (nSPS) is 10.5. The van der Waals surface area contributed by atoms with Crippen molar-refractivity contribution in [3.63, 3.8) is 0 Å². The molecular formula is C7H12ClN3S. The fraction of sp³-hybridized carbons (Fsp3) is 0.714. The molecule has 0 aliphatic rings. The molecule has 0 atom stereocenters. The summed E-state index contributed by atoms with van der Waals surface area (Å²) in [7, 11) is 1.90. The maximum atomic E-state index is 5.55. The lowest BCUT2D eigenvalue weighted by atomic mass is 10.4. The Morgan fingerprint density at radius 1 is 1.58 bits per heavy atom. The van der Waals surface area contributed by atoms with Crippen LogP contribution in [0.4, 0.5) is 0 Å².